The van der Waals surface area contributed by atoms with Gasteiger partial charge in [0, 0.05) is 32.1 Å². The molecule has 0 saturated heterocycles. The molecule has 0 spiro atoms. The van der Waals surface area contributed by atoms with Crippen molar-refractivity contribution in [2.45, 2.75) is 19.9 Å². The molecule has 26 heavy (non-hydrogen) atoms. The molecule has 0 aliphatic rings. The molecule has 0 saturated carbocycles. The summed E-state index contributed by atoms with van der Waals surface area (Å²) >= 11 is 0. The largest absolute Gasteiger partial charge is 0.419 e. The molecule has 0 aliphatic heterocycles. The number of hydrogen-bond acceptors (Lipinski definition) is 5. The molecule has 2 rings (SSSR count). The van der Waals surface area contributed by atoms with Gasteiger partial charge in [-0.2, -0.15) is 0 Å². The highest BCUT2D eigenvalue weighted by Crippen LogP contribution is 2.27. The predicted octanol–water partition coefficient (Wildman–Crippen LogP) is 3.08. The van der Waals surface area contributed by atoms with E-state index in [2.05, 4.69) is 0 Å². The molecular weight excluding hydrogens is 343 g/mol. The van der Waals surface area contributed by atoms with Crippen LogP contribution in [0.5, 0.6) is 5.75 Å². The van der Waals surface area contributed by atoms with Crippen LogP contribution in [-0.4, -0.2) is 28.2 Å². The lowest BCUT2D eigenvalue weighted by Crippen LogP contribution is -2.31. The highest BCUT2D eigenvalue weighted by atomic mass is 19.1. The van der Waals surface area contributed by atoms with Crippen molar-refractivity contribution in [1.29, 1.82) is 0 Å². The van der Waals surface area contributed by atoms with Gasteiger partial charge in [-0.3, -0.25) is 19.7 Å². The molecule has 0 heterocycles. The summed E-state index contributed by atoms with van der Waals surface area (Å²) in [6.45, 7) is 1.78. The number of hydrogen-bond donors (Lipinski definition) is 0. The summed E-state index contributed by atoms with van der Waals surface area (Å²) in [5.41, 5.74) is 0.393. The standard InChI is InChI=1S/C18H17FN2O5/c1-13(22)20(12-14-5-3-2-4-6-14)10-9-18(23)26-17-11-15(19)7-8-16(17)21(24)25/h2-8,11H,9-10,12H2,1H3. The van der Waals surface area contributed by atoms with Gasteiger partial charge in [0.05, 0.1) is 11.3 Å². The number of nitro benzene ring substituents is 1. The Kier molecular flexibility index (Phi) is 6.37. The maximum atomic E-state index is 13.3. The number of halogens is 1. The molecule has 0 atom stereocenters. The third kappa shape index (κ3) is 5.37. The van der Waals surface area contributed by atoms with Gasteiger partial charge in [0.2, 0.25) is 11.7 Å². The fourth-order valence-corrected chi connectivity index (χ4v) is 2.27. The molecular formula is C18H17FN2O5. The topological polar surface area (TPSA) is 89.8 Å². The second kappa shape index (κ2) is 8.70. The molecule has 0 aliphatic carbocycles. The van der Waals surface area contributed by atoms with Gasteiger partial charge in [-0.1, -0.05) is 30.3 Å². The Bertz CT molecular complexity index is 810. The lowest BCUT2D eigenvalue weighted by molar-refractivity contribution is -0.385. The van der Waals surface area contributed by atoms with Crippen LogP contribution in [0, 0.1) is 15.9 Å². The van der Waals surface area contributed by atoms with E-state index in [4.69, 9.17) is 4.74 Å². The SMILES string of the molecule is CC(=O)N(CCC(=O)Oc1cc(F)ccc1[N+](=O)[O-])Cc1ccccc1. The van der Waals surface area contributed by atoms with Crippen LogP contribution in [0.15, 0.2) is 48.5 Å². The van der Waals surface area contributed by atoms with Gasteiger partial charge < -0.3 is 9.64 Å². The molecule has 2 aromatic rings. The molecule has 7 nitrogen and oxygen atoms in total. The van der Waals surface area contributed by atoms with E-state index in [1.54, 1.807) is 0 Å². The minimum absolute atomic E-state index is 0.0756. The Morgan fingerprint density at radius 1 is 1.19 bits per heavy atom. The lowest BCUT2D eigenvalue weighted by atomic mass is 10.2. The van der Waals surface area contributed by atoms with Gasteiger partial charge >= 0.3 is 11.7 Å². The maximum Gasteiger partial charge on any atom is 0.313 e. The number of amides is 1. The highest BCUT2D eigenvalue weighted by molar-refractivity contribution is 5.76. The van der Waals surface area contributed by atoms with Crippen LogP contribution in [0.25, 0.3) is 0 Å². The quantitative estimate of drug-likeness (QED) is 0.328. The van der Waals surface area contributed by atoms with E-state index in [0.29, 0.717) is 6.54 Å². The van der Waals surface area contributed by atoms with E-state index >= 15 is 0 Å². The van der Waals surface area contributed by atoms with E-state index in [-0.39, 0.29) is 18.9 Å². The van der Waals surface area contributed by atoms with E-state index in [1.165, 1.54) is 11.8 Å². The van der Waals surface area contributed by atoms with Crippen molar-refractivity contribution in [3.63, 3.8) is 0 Å². The molecule has 0 N–H and O–H groups in total. The zero-order chi connectivity index (χ0) is 19.1. The van der Waals surface area contributed by atoms with Crippen LogP contribution in [0.3, 0.4) is 0 Å². The summed E-state index contributed by atoms with van der Waals surface area (Å²) in [6, 6.07) is 11.8. The van der Waals surface area contributed by atoms with Gasteiger partial charge in [-0.05, 0) is 11.6 Å². The summed E-state index contributed by atoms with van der Waals surface area (Å²) in [5.74, 6) is -2.23. The first-order valence-electron chi connectivity index (χ1n) is 7.81. The second-order valence-electron chi connectivity index (χ2n) is 5.52. The first-order valence-corrected chi connectivity index (χ1v) is 7.81. The molecule has 0 unspecified atom stereocenters. The average molecular weight is 360 g/mol. The number of rotatable bonds is 7. The number of benzene rings is 2. The summed E-state index contributed by atoms with van der Waals surface area (Å²) in [4.78, 5) is 35.3. The highest BCUT2D eigenvalue weighted by Gasteiger charge is 2.20. The monoisotopic (exact) mass is 360 g/mol. The van der Waals surface area contributed by atoms with E-state index in [1.807, 2.05) is 30.3 Å². The Labute approximate surface area is 149 Å². The second-order valence-corrected chi connectivity index (χ2v) is 5.52. The zero-order valence-corrected chi connectivity index (χ0v) is 14.1. The third-order valence-electron chi connectivity index (χ3n) is 3.59. The number of nitro groups is 1. The van der Waals surface area contributed by atoms with Crippen molar-refractivity contribution >= 4 is 17.6 Å². The fraction of sp³-hybridized carbons (Fsp3) is 0.222. The molecule has 0 fully saturated rings. The van der Waals surface area contributed by atoms with Crippen LogP contribution in [0.1, 0.15) is 18.9 Å². The summed E-state index contributed by atoms with van der Waals surface area (Å²) in [7, 11) is 0. The smallest absolute Gasteiger partial charge is 0.313 e. The molecule has 0 aromatic heterocycles. The van der Waals surface area contributed by atoms with Crippen molar-refractivity contribution in [2.24, 2.45) is 0 Å². The Morgan fingerprint density at radius 2 is 1.88 bits per heavy atom. The first kappa shape index (κ1) is 19.0. The van der Waals surface area contributed by atoms with E-state index < -0.39 is 28.1 Å². The summed E-state index contributed by atoms with van der Waals surface area (Å²) < 4.78 is 18.2. The predicted molar refractivity (Wildman–Crippen MR) is 90.8 cm³/mol. The molecule has 136 valence electrons. The van der Waals surface area contributed by atoms with Crippen molar-refractivity contribution in [1.82, 2.24) is 4.90 Å². The molecule has 0 radical (unpaired) electrons. The minimum atomic E-state index is -0.794. The Balaban J connectivity index is 1.99. The van der Waals surface area contributed by atoms with E-state index in [9.17, 15) is 24.1 Å². The third-order valence-corrected chi connectivity index (χ3v) is 3.59. The average Bonchev–Trinajstić information content (AvgIpc) is 2.59. The van der Waals surface area contributed by atoms with Crippen molar-refractivity contribution in [2.75, 3.05) is 6.54 Å². The van der Waals surface area contributed by atoms with Crippen molar-refractivity contribution in [3.8, 4) is 5.75 Å². The van der Waals surface area contributed by atoms with Crippen LogP contribution < -0.4 is 4.74 Å². The summed E-state index contributed by atoms with van der Waals surface area (Å²) in [5, 5.41) is 10.9. The zero-order valence-electron chi connectivity index (χ0n) is 14.1. The number of carbonyl (C=O) groups is 2. The fourth-order valence-electron chi connectivity index (χ4n) is 2.27. The number of esters is 1. The Morgan fingerprint density at radius 3 is 2.50 bits per heavy atom. The van der Waals surface area contributed by atoms with Gasteiger partial charge in [0.25, 0.3) is 0 Å². The molecule has 1 amide bonds. The molecule has 2 aromatic carbocycles. The normalized spacial score (nSPS) is 10.2. The number of ether oxygens (including phenoxy) is 1. The molecule has 0 bridgehead atoms. The van der Waals surface area contributed by atoms with Gasteiger partial charge in [-0.25, -0.2) is 4.39 Å². The molecule has 8 heteroatoms. The van der Waals surface area contributed by atoms with Crippen LogP contribution in [-0.2, 0) is 16.1 Å². The Hall–Kier alpha value is -3.29. The van der Waals surface area contributed by atoms with Crippen LogP contribution in [0.2, 0.25) is 0 Å². The maximum absolute atomic E-state index is 13.3. The number of carbonyl (C=O) groups excluding carboxylic acids is 2. The number of nitrogens with zero attached hydrogens (tertiary/aromatic N) is 2. The van der Waals surface area contributed by atoms with Crippen molar-refractivity contribution < 1.29 is 23.6 Å². The minimum Gasteiger partial charge on any atom is -0.419 e. The van der Waals surface area contributed by atoms with Crippen molar-refractivity contribution in [3.05, 3.63) is 70.0 Å². The van der Waals surface area contributed by atoms with Crippen LogP contribution in [0.4, 0.5) is 10.1 Å². The summed E-state index contributed by atoms with van der Waals surface area (Å²) in [6.07, 6.45) is -0.180. The van der Waals surface area contributed by atoms with Gasteiger partial charge in [-0.15, -0.1) is 0 Å². The first-order chi connectivity index (χ1) is 12.4. The van der Waals surface area contributed by atoms with Gasteiger partial charge in [0.1, 0.15) is 5.82 Å². The lowest BCUT2D eigenvalue weighted by Gasteiger charge is -2.20. The van der Waals surface area contributed by atoms with Crippen LogP contribution >= 0.6 is 0 Å². The van der Waals surface area contributed by atoms with Gasteiger partial charge in [0.15, 0.2) is 0 Å². The van der Waals surface area contributed by atoms with E-state index in [0.717, 1.165) is 23.8 Å².